The van der Waals surface area contributed by atoms with Crippen molar-refractivity contribution < 1.29 is 24.0 Å². The Morgan fingerprint density at radius 2 is 1.73 bits per heavy atom. The monoisotopic (exact) mass is 492 g/mol. The topological polar surface area (TPSA) is 12.9 Å². The number of nitrogens with zero attached hydrogens (tertiary/aromatic N) is 2. The van der Waals surface area contributed by atoms with E-state index in [9.17, 15) is 0 Å². The number of hydrogen-bond donors (Lipinski definition) is 0. The fraction of sp³-hybridized carbons (Fsp3) is 0.190. The molecule has 0 N–H and O–H groups in total. The fourth-order valence-corrected chi connectivity index (χ4v) is 5.72. The number of fused-ring (bicyclic) bond motifs is 2. The lowest BCUT2D eigenvalue weighted by Gasteiger charge is -2.32. The van der Waals surface area contributed by atoms with Gasteiger partial charge < -0.3 is 24.0 Å². The van der Waals surface area contributed by atoms with Crippen molar-refractivity contribution in [2.24, 2.45) is 0 Å². The minimum atomic E-state index is 0. The highest BCUT2D eigenvalue weighted by molar-refractivity contribution is 8.03. The van der Waals surface area contributed by atoms with Crippen LogP contribution < -0.4 is 28.5 Å². The summed E-state index contributed by atoms with van der Waals surface area (Å²) in [6.45, 7) is 6.69. The lowest BCUT2D eigenvalue weighted by atomic mass is 10.2. The molecule has 2 heterocycles. The van der Waals surface area contributed by atoms with Gasteiger partial charge in [0.15, 0.2) is 10.7 Å². The zero-order valence-corrected chi connectivity index (χ0v) is 18.6. The summed E-state index contributed by atoms with van der Waals surface area (Å²) in [4.78, 5) is 6.06. The van der Waals surface area contributed by atoms with Crippen molar-refractivity contribution >= 4 is 45.1 Å². The number of halogens is 1. The number of quaternary nitrogens is 1. The molecule has 134 valence electrons. The number of allylic oxidation sites excluding steroid dienone is 2. The largest absolute Gasteiger partial charge is 1.00 e. The normalized spacial score (nSPS) is 16.9. The number of rotatable bonds is 4. The van der Waals surface area contributed by atoms with E-state index in [1.165, 1.54) is 20.3 Å². The molecule has 0 aliphatic carbocycles. The lowest BCUT2D eigenvalue weighted by molar-refractivity contribution is -0.00000484. The van der Waals surface area contributed by atoms with Gasteiger partial charge in [-0.05, 0) is 49.9 Å². The van der Waals surface area contributed by atoms with E-state index in [0.717, 1.165) is 28.1 Å². The van der Waals surface area contributed by atoms with Crippen molar-refractivity contribution in [1.29, 1.82) is 0 Å². The molecule has 0 radical (unpaired) electrons. The quantitative estimate of drug-likeness (QED) is 0.410. The summed E-state index contributed by atoms with van der Waals surface area (Å²) in [7, 11) is 0. The lowest BCUT2D eigenvalue weighted by Crippen LogP contribution is -3.00. The van der Waals surface area contributed by atoms with E-state index in [1.54, 1.807) is 11.3 Å². The number of hydrogen-bond acceptors (Lipinski definition) is 3. The van der Waals surface area contributed by atoms with Crippen LogP contribution in [0.25, 0.3) is 16.3 Å². The molecule has 0 spiro atoms. The van der Waals surface area contributed by atoms with Gasteiger partial charge in [0.05, 0.1) is 28.2 Å². The molecule has 5 heteroatoms. The van der Waals surface area contributed by atoms with Crippen molar-refractivity contribution in [1.82, 2.24) is 9.47 Å². The van der Waals surface area contributed by atoms with Gasteiger partial charge in [0.1, 0.15) is 5.01 Å². The van der Waals surface area contributed by atoms with Gasteiger partial charge in [-0.25, -0.2) is 4.98 Å². The SMILES string of the molecule is CC[N+]1(CC)C(=CC=Cc2nc3ccccc3s2)Sc2ccccc21.[I-]. The van der Waals surface area contributed by atoms with Crippen LogP contribution in [0.4, 0.5) is 5.69 Å². The number of benzene rings is 2. The average molecular weight is 492 g/mol. The molecule has 2 aromatic carbocycles. The first kappa shape index (κ1) is 19.6. The van der Waals surface area contributed by atoms with Crippen LogP contribution in [0.3, 0.4) is 0 Å². The van der Waals surface area contributed by atoms with Crippen molar-refractivity contribution in [3.05, 3.63) is 70.7 Å². The van der Waals surface area contributed by atoms with Gasteiger partial charge in [-0.1, -0.05) is 30.3 Å². The van der Waals surface area contributed by atoms with E-state index in [2.05, 4.69) is 79.5 Å². The predicted molar refractivity (Wildman–Crippen MR) is 112 cm³/mol. The van der Waals surface area contributed by atoms with E-state index in [-0.39, 0.29) is 24.0 Å². The fourth-order valence-electron chi connectivity index (χ4n) is 3.44. The second-order valence-electron chi connectivity index (χ2n) is 6.05. The third kappa shape index (κ3) is 3.38. The summed E-state index contributed by atoms with van der Waals surface area (Å²) in [6.07, 6.45) is 6.55. The van der Waals surface area contributed by atoms with E-state index >= 15 is 0 Å². The standard InChI is InChI=1S/C21H21N2S2.HI/c1-3-23(4-2)17-11-6-8-13-19(17)25-21(23)15-9-14-20-22-16-10-5-7-12-18(16)24-20;/h5-15H,3-4H2,1-2H3;1H/q+1;/p-1. The summed E-state index contributed by atoms with van der Waals surface area (Å²) < 4.78 is 2.18. The molecular formula is C21H21IN2S2. The minimum Gasteiger partial charge on any atom is -1.00 e. The Balaban J connectivity index is 0.00000196. The molecule has 2 nitrogen and oxygen atoms in total. The second kappa shape index (κ2) is 8.25. The summed E-state index contributed by atoms with van der Waals surface area (Å²) >= 11 is 3.64. The Morgan fingerprint density at radius 3 is 2.50 bits per heavy atom. The second-order valence-corrected chi connectivity index (χ2v) is 8.18. The number of aromatic nitrogens is 1. The maximum absolute atomic E-state index is 4.68. The van der Waals surface area contributed by atoms with E-state index in [4.69, 9.17) is 0 Å². The molecule has 26 heavy (non-hydrogen) atoms. The van der Waals surface area contributed by atoms with Gasteiger partial charge in [0, 0.05) is 12.1 Å². The highest BCUT2D eigenvalue weighted by atomic mass is 127. The van der Waals surface area contributed by atoms with Gasteiger partial charge in [-0.15, -0.1) is 11.3 Å². The number of thioether (sulfide) groups is 1. The van der Waals surface area contributed by atoms with E-state index in [0.29, 0.717) is 0 Å². The number of para-hydroxylation sites is 2. The molecule has 1 aromatic heterocycles. The predicted octanol–water partition coefficient (Wildman–Crippen LogP) is 3.31. The third-order valence-corrected chi connectivity index (χ3v) is 7.09. The first-order valence-corrected chi connectivity index (χ1v) is 10.3. The summed E-state index contributed by atoms with van der Waals surface area (Å²) in [5.74, 6) is 0. The third-order valence-electron chi connectivity index (χ3n) is 4.83. The Bertz CT molecular complexity index is 938. The molecule has 3 aromatic rings. The Morgan fingerprint density at radius 1 is 1.00 bits per heavy atom. The Hall–Kier alpha value is -1.15. The average Bonchev–Trinajstić information content (AvgIpc) is 3.20. The molecule has 1 aliphatic rings. The van der Waals surface area contributed by atoms with Crippen LogP contribution in [0.5, 0.6) is 0 Å². The molecule has 0 saturated heterocycles. The number of thiazole rings is 1. The van der Waals surface area contributed by atoms with Gasteiger partial charge >= 0.3 is 0 Å². The molecule has 0 bridgehead atoms. The van der Waals surface area contributed by atoms with E-state index in [1.807, 2.05) is 17.8 Å². The van der Waals surface area contributed by atoms with Crippen LogP contribution in [0.15, 0.2) is 70.6 Å². The van der Waals surface area contributed by atoms with Crippen LogP contribution in [0, 0.1) is 0 Å². The smallest absolute Gasteiger partial charge is 0.177 e. The van der Waals surface area contributed by atoms with Crippen molar-refractivity contribution in [2.45, 2.75) is 18.7 Å². The van der Waals surface area contributed by atoms with Crippen LogP contribution >= 0.6 is 23.1 Å². The summed E-state index contributed by atoms with van der Waals surface area (Å²) in [6, 6.07) is 17.1. The Labute approximate surface area is 180 Å². The van der Waals surface area contributed by atoms with Crippen LogP contribution in [-0.2, 0) is 0 Å². The first-order valence-electron chi connectivity index (χ1n) is 8.66. The van der Waals surface area contributed by atoms with Gasteiger partial charge in [-0.3, -0.25) is 4.48 Å². The van der Waals surface area contributed by atoms with Crippen molar-refractivity contribution in [3.8, 4) is 0 Å². The zero-order valence-electron chi connectivity index (χ0n) is 14.9. The maximum Gasteiger partial charge on any atom is 0.177 e. The summed E-state index contributed by atoms with van der Waals surface area (Å²) in [5.41, 5.74) is 2.51. The first-order chi connectivity index (χ1) is 12.3. The van der Waals surface area contributed by atoms with Gasteiger partial charge in [0.2, 0.25) is 0 Å². The maximum atomic E-state index is 4.68. The molecule has 0 unspecified atom stereocenters. The summed E-state index contributed by atoms with van der Waals surface area (Å²) in [5, 5.41) is 2.45. The highest BCUT2D eigenvalue weighted by Gasteiger charge is 2.41. The van der Waals surface area contributed by atoms with Crippen molar-refractivity contribution in [2.75, 3.05) is 13.1 Å². The molecular weight excluding hydrogens is 471 g/mol. The van der Waals surface area contributed by atoms with E-state index < -0.39 is 0 Å². The van der Waals surface area contributed by atoms with Crippen LogP contribution in [0.2, 0.25) is 0 Å². The zero-order chi connectivity index (χ0) is 17.3. The molecule has 4 rings (SSSR count). The highest BCUT2D eigenvalue weighted by Crippen LogP contribution is 2.50. The van der Waals surface area contributed by atoms with Gasteiger partial charge in [0.25, 0.3) is 0 Å². The molecule has 0 amide bonds. The molecule has 0 saturated carbocycles. The van der Waals surface area contributed by atoms with Crippen LogP contribution in [-0.4, -0.2) is 18.1 Å². The van der Waals surface area contributed by atoms with Gasteiger partial charge in [-0.2, -0.15) is 0 Å². The Kier molecular flexibility index (Phi) is 6.22. The molecule has 0 atom stereocenters. The van der Waals surface area contributed by atoms with Crippen molar-refractivity contribution in [3.63, 3.8) is 0 Å². The molecule has 0 fully saturated rings. The minimum absolute atomic E-state index is 0. The van der Waals surface area contributed by atoms with Crippen LogP contribution in [0.1, 0.15) is 18.9 Å². The molecule has 1 aliphatic heterocycles.